The van der Waals surface area contributed by atoms with Crippen LogP contribution in [0.5, 0.6) is 0 Å². The molecule has 0 spiro atoms. The zero-order valence-electron chi connectivity index (χ0n) is 24.9. The molecule has 0 amide bonds. The first-order valence-electron chi connectivity index (χ1n) is 16.1. The Morgan fingerprint density at radius 1 is 0.872 bits per heavy atom. The summed E-state index contributed by atoms with van der Waals surface area (Å²) in [5, 5.41) is 9.24. The van der Waals surface area contributed by atoms with E-state index in [2.05, 4.69) is 46.4 Å². The van der Waals surface area contributed by atoms with Gasteiger partial charge in [0, 0.05) is 31.2 Å². The van der Waals surface area contributed by atoms with Crippen molar-refractivity contribution in [1.29, 1.82) is 0 Å². The number of imidazole rings is 1. The zero-order valence-corrected chi connectivity index (χ0v) is 24.9. The zero-order chi connectivity index (χ0) is 27.5. The van der Waals surface area contributed by atoms with Crippen LogP contribution in [0.2, 0.25) is 0 Å². The number of anilines is 2. The number of nitrogens with two attached hydrogens (primary N) is 1. The van der Waals surface area contributed by atoms with E-state index in [1.807, 2.05) is 6.33 Å². The van der Waals surface area contributed by atoms with Crippen LogP contribution in [0.25, 0.3) is 11.2 Å². The topological polar surface area (TPSA) is 109 Å². The molecule has 220 valence electrons. The molecule has 1 aliphatic heterocycles. The monoisotopic (exact) mass is 541 g/mol. The lowest BCUT2D eigenvalue weighted by Gasteiger charge is -2.32. The van der Waals surface area contributed by atoms with E-state index in [0.717, 1.165) is 67.6 Å². The van der Waals surface area contributed by atoms with Gasteiger partial charge in [-0.25, -0.2) is 9.99 Å². The number of nitrogens with zero attached hydrogens (tertiary/aromatic N) is 5. The Kier molecular flexibility index (Phi) is 12.1. The molecule has 0 atom stereocenters. The van der Waals surface area contributed by atoms with E-state index in [1.54, 1.807) is 0 Å². The summed E-state index contributed by atoms with van der Waals surface area (Å²) in [6, 6.07) is 1.24. The molecule has 5 rings (SSSR count). The Hall–Kier alpha value is -1.97. The number of nitrogens with one attached hydrogen (secondary N) is 3. The number of fused-ring (bicyclic) bond motifs is 1. The molecular formula is C30H55N9. The Balaban J connectivity index is 0.000000448. The van der Waals surface area contributed by atoms with E-state index >= 15 is 0 Å². The first-order chi connectivity index (χ1) is 19.1. The van der Waals surface area contributed by atoms with Crippen molar-refractivity contribution < 1.29 is 0 Å². The quantitative estimate of drug-likeness (QED) is 0.262. The van der Waals surface area contributed by atoms with Gasteiger partial charge in [-0.1, -0.05) is 46.5 Å². The van der Waals surface area contributed by atoms with E-state index in [1.165, 1.54) is 77.3 Å². The second kappa shape index (κ2) is 15.7. The minimum Gasteiger partial charge on any atom is -0.351 e. The third-order valence-electron chi connectivity index (χ3n) is 8.67. The van der Waals surface area contributed by atoms with Gasteiger partial charge in [-0.05, 0) is 83.2 Å². The highest BCUT2D eigenvalue weighted by Crippen LogP contribution is 2.34. The van der Waals surface area contributed by atoms with Crippen LogP contribution in [0, 0.1) is 5.92 Å². The van der Waals surface area contributed by atoms with Gasteiger partial charge in [0.05, 0.1) is 6.33 Å². The fourth-order valence-electron chi connectivity index (χ4n) is 6.32. The summed E-state index contributed by atoms with van der Waals surface area (Å²) in [6.07, 6.45) is 18.9. The summed E-state index contributed by atoms with van der Waals surface area (Å²) in [6.45, 7) is 11.1. The van der Waals surface area contributed by atoms with Crippen LogP contribution in [0.3, 0.4) is 0 Å². The maximum Gasteiger partial charge on any atom is 0.227 e. The van der Waals surface area contributed by atoms with Crippen molar-refractivity contribution in [1.82, 2.24) is 29.8 Å². The number of hydrogen-bond acceptors (Lipinski definition) is 8. The van der Waals surface area contributed by atoms with Gasteiger partial charge in [0.25, 0.3) is 0 Å². The van der Waals surface area contributed by atoms with Crippen LogP contribution in [0.1, 0.15) is 117 Å². The number of hydrogen-bond donors (Lipinski definition) is 4. The minimum absolute atomic E-state index is 0.341. The van der Waals surface area contributed by atoms with Gasteiger partial charge in [-0.3, -0.25) is 0 Å². The summed E-state index contributed by atoms with van der Waals surface area (Å²) in [5.41, 5.74) is 11.6. The number of hydrazine groups is 1. The summed E-state index contributed by atoms with van der Waals surface area (Å²) >= 11 is 0. The molecule has 3 heterocycles. The van der Waals surface area contributed by atoms with E-state index in [-0.39, 0.29) is 0 Å². The van der Waals surface area contributed by atoms with Gasteiger partial charge in [0.15, 0.2) is 17.0 Å². The predicted octanol–water partition coefficient (Wildman–Crippen LogP) is 5.86. The van der Waals surface area contributed by atoms with Crippen LogP contribution in [-0.4, -0.2) is 62.8 Å². The molecule has 2 saturated carbocycles. The molecule has 9 nitrogen and oxygen atoms in total. The third-order valence-corrected chi connectivity index (χ3v) is 8.67. The van der Waals surface area contributed by atoms with Crippen LogP contribution >= 0.6 is 0 Å². The van der Waals surface area contributed by atoms with Gasteiger partial charge in [-0.2, -0.15) is 9.97 Å². The molecule has 2 aromatic heterocycles. The van der Waals surface area contributed by atoms with E-state index in [0.29, 0.717) is 18.1 Å². The molecule has 0 bridgehead atoms. The molecule has 5 N–H and O–H groups in total. The van der Waals surface area contributed by atoms with E-state index in [9.17, 15) is 0 Å². The largest absolute Gasteiger partial charge is 0.351 e. The van der Waals surface area contributed by atoms with Gasteiger partial charge in [-0.15, -0.1) is 0 Å². The molecule has 3 fully saturated rings. The lowest BCUT2D eigenvalue weighted by molar-refractivity contribution is 0.209. The van der Waals surface area contributed by atoms with Gasteiger partial charge in [0.2, 0.25) is 5.95 Å². The molecule has 3 aliphatic rings. The van der Waals surface area contributed by atoms with Gasteiger partial charge < -0.3 is 26.4 Å². The normalized spacial score (nSPS) is 23.1. The Morgan fingerprint density at radius 3 is 2.21 bits per heavy atom. The number of aromatic nitrogens is 4. The SMILES string of the molecule is CCCC1CCN(Nc2nc(NC3CCC(N)CC3)nc3c2ncn3C2CCCC2)CC1.CCCNCCC. The molecule has 0 radical (unpaired) electrons. The predicted molar refractivity (Wildman–Crippen MR) is 163 cm³/mol. The standard InChI is InChI=1S/C24H40N8.C6H15N/c1-2-5-17-12-14-31(15-13-17)30-22-21-23(32(16-26-21)20-6-3-4-7-20)29-24(28-22)27-19-10-8-18(25)9-11-19;1-3-5-7-6-4-2/h16-20H,2-15,25H2,1H3,(H2,27,28,29,30);7H,3-6H2,1-2H3. The van der Waals surface area contributed by atoms with Crippen LogP contribution < -0.4 is 21.8 Å². The van der Waals surface area contributed by atoms with Crippen LogP contribution in [-0.2, 0) is 0 Å². The molecule has 2 aromatic rings. The summed E-state index contributed by atoms with van der Waals surface area (Å²) in [5.74, 6) is 2.43. The highest BCUT2D eigenvalue weighted by atomic mass is 15.5. The molecule has 1 saturated heterocycles. The van der Waals surface area contributed by atoms with Crippen molar-refractivity contribution in [2.45, 2.75) is 129 Å². The molecule has 2 aliphatic carbocycles. The fraction of sp³-hybridized carbons (Fsp3) is 0.833. The minimum atomic E-state index is 0.341. The Morgan fingerprint density at radius 2 is 1.56 bits per heavy atom. The van der Waals surface area contributed by atoms with Crippen molar-refractivity contribution >= 4 is 22.9 Å². The van der Waals surface area contributed by atoms with Crippen molar-refractivity contribution in [3.8, 4) is 0 Å². The average molecular weight is 542 g/mol. The molecule has 0 aromatic carbocycles. The molecule has 39 heavy (non-hydrogen) atoms. The fourth-order valence-corrected chi connectivity index (χ4v) is 6.32. The highest BCUT2D eigenvalue weighted by molar-refractivity contribution is 5.84. The lowest BCUT2D eigenvalue weighted by atomic mass is 9.92. The van der Waals surface area contributed by atoms with Crippen LogP contribution in [0.15, 0.2) is 6.33 Å². The summed E-state index contributed by atoms with van der Waals surface area (Å²) < 4.78 is 2.30. The first kappa shape index (κ1) is 30.0. The maximum absolute atomic E-state index is 6.11. The van der Waals surface area contributed by atoms with Crippen molar-refractivity contribution in [2.24, 2.45) is 11.7 Å². The van der Waals surface area contributed by atoms with Gasteiger partial charge >= 0.3 is 0 Å². The summed E-state index contributed by atoms with van der Waals surface area (Å²) in [4.78, 5) is 14.7. The smallest absolute Gasteiger partial charge is 0.227 e. The second-order valence-corrected chi connectivity index (χ2v) is 12.0. The van der Waals surface area contributed by atoms with Crippen molar-refractivity contribution in [2.75, 3.05) is 36.9 Å². The van der Waals surface area contributed by atoms with Crippen molar-refractivity contribution in [3.05, 3.63) is 6.33 Å². The number of rotatable bonds is 11. The lowest BCUT2D eigenvalue weighted by Crippen LogP contribution is -2.38. The van der Waals surface area contributed by atoms with Gasteiger partial charge in [0.1, 0.15) is 0 Å². The van der Waals surface area contributed by atoms with E-state index in [4.69, 9.17) is 20.7 Å². The number of piperidine rings is 1. The van der Waals surface area contributed by atoms with E-state index < -0.39 is 0 Å². The Labute approximate surface area is 236 Å². The highest BCUT2D eigenvalue weighted by Gasteiger charge is 2.25. The molecule has 9 heteroatoms. The molecular weight excluding hydrogens is 486 g/mol. The average Bonchev–Trinajstić information content (AvgIpc) is 3.62. The third kappa shape index (κ3) is 8.76. The first-order valence-corrected chi connectivity index (χ1v) is 16.1. The second-order valence-electron chi connectivity index (χ2n) is 12.0. The molecule has 0 unspecified atom stereocenters. The Bertz CT molecular complexity index is 951. The van der Waals surface area contributed by atoms with Crippen LogP contribution in [0.4, 0.5) is 11.8 Å². The summed E-state index contributed by atoms with van der Waals surface area (Å²) in [7, 11) is 0. The van der Waals surface area contributed by atoms with Crippen molar-refractivity contribution in [3.63, 3.8) is 0 Å². The maximum atomic E-state index is 6.11.